The number of nitrogens with zero attached hydrogens (tertiary/aromatic N) is 1. The summed E-state index contributed by atoms with van der Waals surface area (Å²) in [6.45, 7) is 8.42. The number of carbonyl (C=O) groups excluding carboxylic acids is 2. The fraction of sp³-hybridized carbons (Fsp3) is 0.619. The Morgan fingerprint density at radius 1 is 1.04 bits per heavy atom. The SMILES string of the molecule is CC(C)(C)c1ccc(CCCC(=O)NCC(=O)N2CCCCC2)cc1. The van der Waals surface area contributed by atoms with Crippen LogP contribution in [0, 0.1) is 0 Å². The van der Waals surface area contributed by atoms with Crippen molar-refractivity contribution in [2.24, 2.45) is 0 Å². The predicted octanol–water partition coefficient (Wildman–Crippen LogP) is 3.44. The van der Waals surface area contributed by atoms with Gasteiger partial charge in [-0.3, -0.25) is 9.59 Å². The van der Waals surface area contributed by atoms with E-state index >= 15 is 0 Å². The van der Waals surface area contributed by atoms with Crippen LogP contribution in [0.25, 0.3) is 0 Å². The maximum Gasteiger partial charge on any atom is 0.241 e. The van der Waals surface area contributed by atoms with E-state index in [1.165, 1.54) is 17.5 Å². The Balaban J connectivity index is 1.65. The number of carbonyl (C=O) groups is 2. The number of rotatable bonds is 6. The molecule has 1 aliphatic heterocycles. The van der Waals surface area contributed by atoms with Crippen LogP contribution in [0.5, 0.6) is 0 Å². The Labute approximate surface area is 152 Å². The van der Waals surface area contributed by atoms with Gasteiger partial charge in [0.05, 0.1) is 6.54 Å². The molecule has 138 valence electrons. The normalized spacial score (nSPS) is 15.1. The summed E-state index contributed by atoms with van der Waals surface area (Å²) in [5.41, 5.74) is 2.75. The van der Waals surface area contributed by atoms with Crippen LogP contribution in [0.4, 0.5) is 0 Å². The molecule has 0 radical (unpaired) electrons. The lowest BCUT2D eigenvalue weighted by Gasteiger charge is -2.26. The largest absolute Gasteiger partial charge is 0.347 e. The fourth-order valence-electron chi connectivity index (χ4n) is 3.14. The van der Waals surface area contributed by atoms with Crippen molar-refractivity contribution >= 4 is 11.8 Å². The molecule has 0 aliphatic carbocycles. The minimum atomic E-state index is -0.0309. The molecule has 0 unspecified atom stereocenters. The van der Waals surface area contributed by atoms with Gasteiger partial charge in [-0.25, -0.2) is 0 Å². The Morgan fingerprint density at radius 2 is 1.68 bits per heavy atom. The number of benzene rings is 1. The van der Waals surface area contributed by atoms with Gasteiger partial charge in [0.2, 0.25) is 11.8 Å². The molecule has 0 bridgehead atoms. The summed E-state index contributed by atoms with van der Waals surface area (Å²) in [5.74, 6) is 0.0162. The van der Waals surface area contributed by atoms with Crippen LogP contribution in [0.2, 0.25) is 0 Å². The molecule has 4 heteroatoms. The summed E-state index contributed by atoms with van der Waals surface area (Å²) in [4.78, 5) is 25.8. The number of nitrogens with one attached hydrogen (secondary N) is 1. The van der Waals surface area contributed by atoms with Gasteiger partial charge >= 0.3 is 0 Å². The number of amides is 2. The van der Waals surface area contributed by atoms with Crippen LogP contribution in [-0.4, -0.2) is 36.3 Å². The van der Waals surface area contributed by atoms with E-state index in [1.54, 1.807) is 0 Å². The zero-order valence-electron chi connectivity index (χ0n) is 15.9. The van der Waals surface area contributed by atoms with Gasteiger partial charge in [0, 0.05) is 19.5 Å². The summed E-state index contributed by atoms with van der Waals surface area (Å²) in [5, 5.41) is 2.76. The van der Waals surface area contributed by atoms with Gasteiger partial charge in [0.25, 0.3) is 0 Å². The molecular weight excluding hydrogens is 312 g/mol. The van der Waals surface area contributed by atoms with E-state index in [2.05, 4.69) is 50.4 Å². The van der Waals surface area contributed by atoms with Crippen molar-refractivity contribution in [3.8, 4) is 0 Å². The Kier molecular flexibility index (Phi) is 7.03. The number of hydrogen-bond donors (Lipinski definition) is 1. The summed E-state index contributed by atoms with van der Waals surface area (Å²) in [6.07, 6.45) is 5.51. The summed E-state index contributed by atoms with van der Waals surface area (Å²) in [6, 6.07) is 8.65. The Morgan fingerprint density at radius 3 is 2.28 bits per heavy atom. The molecule has 1 fully saturated rings. The lowest BCUT2D eigenvalue weighted by atomic mass is 9.86. The number of likely N-dealkylation sites (tertiary alicyclic amines) is 1. The number of hydrogen-bond acceptors (Lipinski definition) is 2. The Hall–Kier alpha value is -1.84. The molecule has 25 heavy (non-hydrogen) atoms. The monoisotopic (exact) mass is 344 g/mol. The van der Waals surface area contributed by atoms with Gasteiger partial charge in [-0.15, -0.1) is 0 Å². The van der Waals surface area contributed by atoms with E-state index in [4.69, 9.17) is 0 Å². The second-order valence-electron chi connectivity index (χ2n) is 8.02. The third-order valence-electron chi connectivity index (χ3n) is 4.83. The molecule has 4 nitrogen and oxygen atoms in total. The minimum Gasteiger partial charge on any atom is -0.347 e. The van der Waals surface area contributed by atoms with Crippen molar-refractivity contribution in [3.63, 3.8) is 0 Å². The van der Waals surface area contributed by atoms with Crippen molar-refractivity contribution < 1.29 is 9.59 Å². The quantitative estimate of drug-likeness (QED) is 0.859. The van der Waals surface area contributed by atoms with Crippen LogP contribution >= 0.6 is 0 Å². The van der Waals surface area contributed by atoms with Crippen molar-refractivity contribution in [1.29, 1.82) is 0 Å². The van der Waals surface area contributed by atoms with Crippen molar-refractivity contribution in [2.45, 2.75) is 64.7 Å². The molecule has 0 saturated carbocycles. The highest BCUT2D eigenvalue weighted by molar-refractivity contribution is 5.84. The van der Waals surface area contributed by atoms with Crippen molar-refractivity contribution in [2.75, 3.05) is 19.6 Å². The lowest BCUT2D eigenvalue weighted by molar-refractivity contribution is -0.133. The zero-order chi connectivity index (χ0) is 18.3. The van der Waals surface area contributed by atoms with Crippen LogP contribution in [0.3, 0.4) is 0 Å². The van der Waals surface area contributed by atoms with Crippen molar-refractivity contribution in [3.05, 3.63) is 35.4 Å². The highest BCUT2D eigenvalue weighted by Gasteiger charge is 2.17. The van der Waals surface area contributed by atoms with E-state index in [-0.39, 0.29) is 23.8 Å². The Bertz CT molecular complexity index is 567. The van der Waals surface area contributed by atoms with E-state index in [9.17, 15) is 9.59 Å². The molecular formula is C21H32N2O2. The molecule has 0 aromatic heterocycles. The van der Waals surface area contributed by atoms with Gasteiger partial charge in [-0.2, -0.15) is 0 Å². The maximum absolute atomic E-state index is 12.0. The molecule has 1 aromatic rings. The van der Waals surface area contributed by atoms with Crippen molar-refractivity contribution in [1.82, 2.24) is 10.2 Å². The van der Waals surface area contributed by atoms with Gasteiger partial charge in [-0.1, -0.05) is 45.0 Å². The topological polar surface area (TPSA) is 49.4 Å². The molecule has 1 aromatic carbocycles. The molecule has 1 N–H and O–H groups in total. The highest BCUT2D eigenvalue weighted by atomic mass is 16.2. The number of aryl methyl sites for hydroxylation is 1. The second kappa shape index (κ2) is 9.02. The average Bonchev–Trinajstić information content (AvgIpc) is 2.60. The molecule has 1 aliphatic rings. The minimum absolute atomic E-state index is 0.0309. The van der Waals surface area contributed by atoms with Crippen LogP contribution < -0.4 is 5.32 Å². The van der Waals surface area contributed by atoms with E-state index in [1.807, 2.05) is 4.90 Å². The first-order valence-electron chi connectivity index (χ1n) is 9.50. The van der Waals surface area contributed by atoms with Gasteiger partial charge in [0.1, 0.15) is 0 Å². The van der Waals surface area contributed by atoms with Gasteiger partial charge in [0.15, 0.2) is 0 Å². The third-order valence-corrected chi connectivity index (χ3v) is 4.83. The van der Waals surface area contributed by atoms with Crippen LogP contribution in [-0.2, 0) is 21.4 Å². The summed E-state index contributed by atoms with van der Waals surface area (Å²) >= 11 is 0. The van der Waals surface area contributed by atoms with E-state index in [0.717, 1.165) is 38.8 Å². The molecule has 0 atom stereocenters. The van der Waals surface area contributed by atoms with Gasteiger partial charge < -0.3 is 10.2 Å². The van der Waals surface area contributed by atoms with E-state index < -0.39 is 0 Å². The van der Waals surface area contributed by atoms with Crippen LogP contribution in [0.1, 0.15) is 64.0 Å². The summed E-state index contributed by atoms with van der Waals surface area (Å²) < 4.78 is 0. The predicted molar refractivity (Wildman–Crippen MR) is 102 cm³/mol. The number of piperidine rings is 1. The highest BCUT2D eigenvalue weighted by Crippen LogP contribution is 2.22. The zero-order valence-corrected chi connectivity index (χ0v) is 15.9. The van der Waals surface area contributed by atoms with Crippen LogP contribution in [0.15, 0.2) is 24.3 Å². The van der Waals surface area contributed by atoms with Gasteiger partial charge in [-0.05, 0) is 48.6 Å². The molecule has 1 heterocycles. The first-order chi connectivity index (χ1) is 11.9. The standard InChI is InChI=1S/C21H32N2O2/c1-21(2,3)18-12-10-17(11-13-18)8-7-9-19(24)22-16-20(25)23-14-5-4-6-15-23/h10-13H,4-9,14-16H2,1-3H3,(H,22,24). The molecule has 2 rings (SSSR count). The molecule has 0 spiro atoms. The maximum atomic E-state index is 12.0. The smallest absolute Gasteiger partial charge is 0.241 e. The molecule has 1 saturated heterocycles. The lowest BCUT2D eigenvalue weighted by Crippen LogP contribution is -2.42. The fourth-order valence-corrected chi connectivity index (χ4v) is 3.14. The van der Waals surface area contributed by atoms with E-state index in [0.29, 0.717) is 6.42 Å². The third kappa shape index (κ3) is 6.52. The average molecular weight is 344 g/mol. The molecule has 2 amide bonds. The second-order valence-corrected chi connectivity index (χ2v) is 8.02. The summed E-state index contributed by atoms with van der Waals surface area (Å²) in [7, 11) is 0. The first-order valence-corrected chi connectivity index (χ1v) is 9.50. The first kappa shape index (κ1) is 19.5.